The van der Waals surface area contributed by atoms with E-state index in [0.29, 0.717) is 17.9 Å². The Morgan fingerprint density at radius 1 is 0.775 bits per heavy atom. The molecule has 0 radical (unpaired) electrons. The molecule has 0 saturated carbocycles. The number of hydrogen-bond acceptors (Lipinski definition) is 6. The minimum Gasteiger partial charge on any atom is -0.488 e. The Balaban J connectivity index is 0.000000211. The summed E-state index contributed by atoms with van der Waals surface area (Å²) < 4.78 is 5.84. The van der Waals surface area contributed by atoms with Crippen LogP contribution >= 0.6 is 0 Å². The molecule has 1 aliphatic heterocycles. The molecule has 4 aromatic carbocycles. The Labute approximate surface area is 236 Å². The maximum Gasteiger partial charge on any atom is 0.153 e. The van der Waals surface area contributed by atoms with Crippen LogP contribution in [0.1, 0.15) is 51.3 Å². The number of hydrogen-bond donors (Lipinski definition) is 0. The maximum atomic E-state index is 11.2. The van der Waals surface area contributed by atoms with E-state index in [4.69, 9.17) is 9.53 Å². The Bertz CT molecular complexity index is 1330. The predicted octanol–water partition coefficient (Wildman–Crippen LogP) is 6.76. The lowest BCUT2D eigenvalue weighted by Crippen LogP contribution is -2.21. The molecule has 0 bridgehead atoms. The van der Waals surface area contributed by atoms with Gasteiger partial charge in [0.2, 0.25) is 0 Å². The van der Waals surface area contributed by atoms with Crippen LogP contribution in [0.25, 0.3) is 0 Å². The van der Waals surface area contributed by atoms with E-state index >= 15 is 0 Å². The van der Waals surface area contributed by atoms with Gasteiger partial charge in [-0.1, -0.05) is 54.6 Å². The molecular formula is C34H36N2O4. The summed E-state index contributed by atoms with van der Waals surface area (Å²) in [6, 6.07) is 31.9. The van der Waals surface area contributed by atoms with Crippen LogP contribution in [0.15, 0.2) is 97.1 Å². The first-order chi connectivity index (χ1) is 19.6. The Morgan fingerprint density at radius 2 is 1.38 bits per heavy atom. The van der Waals surface area contributed by atoms with Crippen molar-refractivity contribution in [3.05, 3.63) is 125 Å². The first-order valence-electron chi connectivity index (χ1n) is 13.3. The van der Waals surface area contributed by atoms with Crippen molar-refractivity contribution in [3.63, 3.8) is 0 Å². The van der Waals surface area contributed by atoms with Gasteiger partial charge in [0, 0.05) is 49.2 Å². The monoisotopic (exact) mass is 536 g/mol. The number of aldehydes is 2. The number of nitrogens with zero attached hydrogens (tertiary/aromatic N) is 2. The van der Waals surface area contributed by atoms with Gasteiger partial charge in [0.15, 0.2) is 6.29 Å². The smallest absolute Gasteiger partial charge is 0.153 e. The largest absolute Gasteiger partial charge is 0.488 e. The van der Waals surface area contributed by atoms with Crippen molar-refractivity contribution in [1.29, 1.82) is 0 Å². The first kappa shape index (κ1) is 29.8. The lowest BCUT2D eigenvalue weighted by Gasteiger charge is -2.22. The standard InChI is InChI=1S/C18H21NO2.C15H13NO.CH2O/c1-3-19(4-2)17-11-10-16(13-20)18(12-17)21-14-15-8-6-5-7-9-15;17-11-12-5-7-15(8-6-12)16-9-13-3-1-2-4-14(13)10-16;1-2/h5-13H,3-4,14H2,1-2H3;1-8,11H,9-10H2;1H2. The van der Waals surface area contributed by atoms with Gasteiger partial charge >= 0.3 is 0 Å². The van der Waals surface area contributed by atoms with Crippen molar-refractivity contribution < 1.29 is 19.1 Å². The van der Waals surface area contributed by atoms with Gasteiger partial charge in [-0.2, -0.15) is 0 Å². The molecule has 0 fully saturated rings. The SMILES string of the molecule is C=O.CCN(CC)c1ccc(C=O)c(OCc2ccccc2)c1.O=Cc1ccc(N2Cc3ccccc3C2)cc1. The number of rotatable bonds is 9. The van der Waals surface area contributed by atoms with Crippen molar-refractivity contribution >= 4 is 30.7 Å². The summed E-state index contributed by atoms with van der Waals surface area (Å²) in [6.07, 6.45) is 1.72. The molecule has 0 aliphatic carbocycles. The van der Waals surface area contributed by atoms with E-state index in [2.05, 4.69) is 47.9 Å². The van der Waals surface area contributed by atoms with Crippen molar-refractivity contribution in [2.24, 2.45) is 0 Å². The molecule has 5 rings (SSSR count). The van der Waals surface area contributed by atoms with Gasteiger partial charge in [-0.25, -0.2) is 0 Å². The van der Waals surface area contributed by atoms with Crippen LogP contribution in [0.3, 0.4) is 0 Å². The number of carbonyl (C=O) groups excluding carboxylic acids is 3. The van der Waals surface area contributed by atoms with E-state index < -0.39 is 0 Å². The van der Waals surface area contributed by atoms with Gasteiger partial charge in [-0.05, 0) is 66.9 Å². The number of fused-ring (bicyclic) bond motifs is 1. The lowest BCUT2D eigenvalue weighted by molar-refractivity contribution is -0.0980. The van der Waals surface area contributed by atoms with E-state index in [1.54, 1.807) is 0 Å². The highest BCUT2D eigenvalue weighted by Crippen LogP contribution is 2.28. The maximum absolute atomic E-state index is 11.2. The highest BCUT2D eigenvalue weighted by atomic mass is 16.5. The third kappa shape index (κ3) is 7.90. The summed E-state index contributed by atoms with van der Waals surface area (Å²) in [5.74, 6) is 0.637. The number of anilines is 2. The van der Waals surface area contributed by atoms with Crippen molar-refractivity contribution in [1.82, 2.24) is 0 Å². The average molecular weight is 537 g/mol. The van der Waals surface area contributed by atoms with Crippen LogP contribution in [-0.4, -0.2) is 32.5 Å². The summed E-state index contributed by atoms with van der Waals surface area (Å²) in [7, 11) is 0. The Hall–Kier alpha value is -4.71. The zero-order valence-corrected chi connectivity index (χ0v) is 23.2. The Kier molecular flexibility index (Phi) is 11.7. The fourth-order valence-corrected chi connectivity index (χ4v) is 4.55. The second-order valence-electron chi connectivity index (χ2n) is 9.12. The third-order valence-electron chi connectivity index (χ3n) is 6.72. The zero-order chi connectivity index (χ0) is 28.7. The quantitative estimate of drug-likeness (QED) is 0.220. The van der Waals surface area contributed by atoms with Gasteiger partial charge in [0.1, 0.15) is 25.4 Å². The molecule has 0 atom stereocenters. The van der Waals surface area contributed by atoms with Crippen molar-refractivity contribution in [2.45, 2.75) is 33.5 Å². The molecule has 0 spiro atoms. The second-order valence-corrected chi connectivity index (χ2v) is 9.12. The minimum atomic E-state index is 0.462. The van der Waals surface area contributed by atoms with Gasteiger partial charge in [-0.15, -0.1) is 0 Å². The van der Waals surface area contributed by atoms with Gasteiger partial charge in [0.05, 0.1) is 5.56 Å². The van der Waals surface area contributed by atoms with Crippen LogP contribution in [0, 0.1) is 0 Å². The van der Waals surface area contributed by atoms with Crippen LogP contribution in [0.2, 0.25) is 0 Å². The summed E-state index contributed by atoms with van der Waals surface area (Å²) in [6.45, 7) is 10.4. The molecule has 0 aromatic heterocycles. The molecule has 206 valence electrons. The summed E-state index contributed by atoms with van der Waals surface area (Å²) in [5, 5.41) is 0. The predicted molar refractivity (Wildman–Crippen MR) is 161 cm³/mol. The molecule has 6 nitrogen and oxygen atoms in total. The summed E-state index contributed by atoms with van der Waals surface area (Å²) in [4.78, 5) is 34.3. The third-order valence-corrected chi connectivity index (χ3v) is 6.72. The zero-order valence-electron chi connectivity index (χ0n) is 23.2. The lowest BCUT2D eigenvalue weighted by atomic mass is 10.1. The minimum absolute atomic E-state index is 0.462. The van der Waals surface area contributed by atoms with Gasteiger partial charge < -0.3 is 19.3 Å². The van der Waals surface area contributed by atoms with E-state index in [9.17, 15) is 9.59 Å². The van der Waals surface area contributed by atoms with Gasteiger partial charge in [-0.3, -0.25) is 9.59 Å². The van der Waals surface area contributed by atoms with Crippen molar-refractivity contribution in [3.8, 4) is 5.75 Å². The number of benzene rings is 4. The normalized spacial score (nSPS) is 11.2. The highest BCUT2D eigenvalue weighted by Gasteiger charge is 2.18. The molecule has 0 unspecified atom stereocenters. The summed E-state index contributed by atoms with van der Waals surface area (Å²) >= 11 is 0. The van der Waals surface area contributed by atoms with E-state index in [1.165, 1.54) is 16.8 Å². The highest BCUT2D eigenvalue weighted by molar-refractivity contribution is 5.81. The molecule has 1 heterocycles. The molecule has 1 aliphatic rings. The van der Waals surface area contributed by atoms with Crippen LogP contribution < -0.4 is 14.5 Å². The second kappa shape index (κ2) is 15.6. The molecule has 0 N–H and O–H groups in total. The van der Waals surface area contributed by atoms with Crippen LogP contribution in [0.4, 0.5) is 11.4 Å². The van der Waals surface area contributed by atoms with E-state index in [1.807, 2.05) is 79.6 Å². The molecule has 0 amide bonds. The topological polar surface area (TPSA) is 66.9 Å². The molecule has 6 heteroatoms. The fraction of sp³-hybridized carbons (Fsp3) is 0.206. The molecule has 4 aromatic rings. The Morgan fingerprint density at radius 3 is 1.93 bits per heavy atom. The van der Waals surface area contributed by atoms with Gasteiger partial charge in [0.25, 0.3) is 0 Å². The van der Waals surface area contributed by atoms with Crippen LogP contribution in [-0.2, 0) is 24.5 Å². The van der Waals surface area contributed by atoms with E-state index in [0.717, 1.165) is 55.6 Å². The van der Waals surface area contributed by atoms with Crippen molar-refractivity contribution in [2.75, 3.05) is 22.9 Å². The molecular weight excluding hydrogens is 500 g/mol. The number of ether oxygens (including phenoxy) is 1. The van der Waals surface area contributed by atoms with E-state index in [-0.39, 0.29) is 0 Å². The first-order valence-corrected chi connectivity index (χ1v) is 13.3. The molecule has 0 saturated heterocycles. The number of carbonyl (C=O) groups is 3. The fourth-order valence-electron chi connectivity index (χ4n) is 4.55. The summed E-state index contributed by atoms with van der Waals surface area (Å²) in [5.41, 5.74) is 7.44. The average Bonchev–Trinajstić information content (AvgIpc) is 3.47. The van der Waals surface area contributed by atoms with Crippen LogP contribution in [0.5, 0.6) is 5.75 Å². The molecule has 40 heavy (non-hydrogen) atoms.